The molecule has 1 fully saturated rings. The number of amides is 1. The average Bonchev–Trinajstić information content (AvgIpc) is 3.15. The van der Waals surface area contributed by atoms with Gasteiger partial charge in [-0.25, -0.2) is 4.98 Å². The van der Waals surface area contributed by atoms with Crippen LogP contribution in [0.3, 0.4) is 0 Å². The molecule has 0 unspecified atom stereocenters. The summed E-state index contributed by atoms with van der Waals surface area (Å²) in [6, 6.07) is 13.6. The van der Waals surface area contributed by atoms with E-state index in [1.807, 2.05) is 66.4 Å². The average molecular weight is 393 g/mol. The van der Waals surface area contributed by atoms with E-state index in [2.05, 4.69) is 14.9 Å². The van der Waals surface area contributed by atoms with Crippen molar-refractivity contribution < 1.29 is 9.53 Å². The zero-order valence-corrected chi connectivity index (χ0v) is 17.2. The number of H-pyrrole nitrogens is 1. The van der Waals surface area contributed by atoms with Crippen LogP contribution < -0.4 is 9.64 Å². The Morgan fingerprint density at radius 1 is 1.14 bits per heavy atom. The molecule has 29 heavy (non-hydrogen) atoms. The second kappa shape index (κ2) is 8.13. The maximum Gasteiger partial charge on any atom is 0.254 e. The van der Waals surface area contributed by atoms with Crippen molar-refractivity contribution in [3.8, 4) is 5.75 Å². The van der Waals surface area contributed by atoms with E-state index in [4.69, 9.17) is 4.74 Å². The highest BCUT2D eigenvalue weighted by atomic mass is 16.5. The first-order valence-electron chi connectivity index (χ1n) is 9.85. The van der Waals surface area contributed by atoms with Crippen LogP contribution in [0.15, 0.2) is 42.5 Å². The lowest BCUT2D eigenvalue weighted by molar-refractivity contribution is 0.0626. The fourth-order valence-corrected chi connectivity index (χ4v) is 3.66. The molecule has 1 amide bonds. The fraction of sp³-hybridized carbons (Fsp3) is 0.364. The lowest BCUT2D eigenvalue weighted by atomic mass is 10.1. The number of anilines is 1. The summed E-state index contributed by atoms with van der Waals surface area (Å²) in [4.78, 5) is 27.2. The van der Waals surface area contributed by atoms with Crippen molar-refractivity contribution in [3.05, 3.63) is 53.9 Å². The number of hydrogen-bond donors (Lipinski definition) is 1. The van der Waals surface area contributed by atoms with Gasteiger partial charge in [0.1, 0.15) is 11.6 Å². The Bertz CT molecular complexity index is 1010. The van der Waals surface area contributed by atoms with Crippen molar-refractivity contribution >= 4 is 22.6 Å². The van der Waals surface area contributed by atoms with Crippen molar-refractivity contribution in [1.82, 2.24) is 19.8 Å². The van der Waals surface area contributed by atoms with Gasteiger partial charge in [0, 0.05) is 57.6 Å². The molecule has 1 N–H and O–H groups in total. The van der Waals surface area contributed by atoms with E-state index in [1.54, 1.807) is 7.11 Å². The molecule has 7 nitrogen and oxygen atoms in total. The number of methoxy groups -OCH3 is 1. The van der Waals surface area contributed by atoms with Crippen LogP contribution in [0.2, 0.25) is 0 Å². The van der Waals surface area contributed by atoms with Gasteiger partial charge in [0.2, 0.25) is 0 Å². The first-order chi connectivity index (χ1) is 14.0. The van der Waals surface area contributed by atoms with E-state index < -0.39 is 0 Å². The maximum atomic E-state index is 12.9. The summed E-state index contributed by atoms with van der Waals surface area (Å²) >= 11 is 0. The van der Waals surface area contributed by atoms with E-state index in [-0.39, 0.29) is 5.91 Å². The number of rotatable bonds is 5. The van der Waals surface area contributed by atoms with Gasteiger partial charge < -0.3 is 19.5 Å². The Hall–Kier alpha value is -3.06. The number of piperazine rings is 1. The van der Waals surface area contributed by atoms with Gasteiger partial charge in [0.15, 0.2) is 0 Å². The molecule has 1 saturated heterocycles. The van der Waals surface area contributed by atoms with Crippen molar-refractivity contribution in [1.29, 1.82) is 0 Å². The summed E-state index contributed by atoms with van der Waals surface area (Å²) in [5, 5.41) is 0. The summed E-state index contributed by atoms with van der Waals surface area (Å²) in [6.45, 7) is 3.85. The molecule has 152 valence electrons. The van der Waals surface area contributed by atoms with Crippen LogP contribution in [0.4, 0.5) is 5.69 Å². The molecule has 0 saturated carbocycles. The summed E-state index contributed by atoms with van der Waals surface area (Å²) < 4.78 is 5.27. The molecule has 3 aromatic rings. The van der Waals surface area contributed by atoms with Crippen LogP contribution in [-0.4, -0.2) is 73.1 Å². The highest BCUT2D eigenvalue weighted by Crippen LogP contribution is 2.20. The molecule has 0 aliphatic carbocycles. The van der Waals surface area contributed by atoms with E-state index in [9.17, 15) is 4.79 Å². The number of carbonyl (C=O) groups is 1. The van der Waals surface area contributed by atoms with Crippen molar-refractivity contribution in [3.63, 3.8) is 0 Å². The van der Waals surface area contributed by atoms with Crippen LogP contribution in [0.5, 0.6) is 5.75 Å². The molecule has 0 radical (unpaired) electrons. The van der Waals surface area contributed by atoms with Gasteiger partial charge >= 0.3 is 0 Å². The lowest BCUT2D eigenvalue weighted by Crippen LogP contribution is -2.48. The summed E-state index contributed by atoms with van der Waals surface area (Å²) in [5.74, 6) is 1.86. The van der Waals surface area contributed by atoms with Crippen LogP contribution in [0, 0.1) is 0 Å². The summed E-state index contributed by atoms with van der Waals surface area (Å²) in [6.07, 6.45) is 0. The zero-order chi connectivity index (χ0) is 20.4. The Morgan fingerprint density at radius 2 is 1.93 bits per heavy atom. The molecule has 1 aliphatic rings. The minimum Gasteiger partial charge on any atom is -0.497 e. The van der Waals surface area contributed by atoms with Gasteiger partial charge in [-0.15, -0.1) is 0 Å². The number of fused-ring (bicyclic) bond motifs is 1. The third-order valence-electron chi connectivity index (χ3n) is 5.38. The van der Waals surface area contributed by atoms with Crippen LogP contribution in [0.1, 0.15) is 16.2 Å². The van der Waals surface area contributed by atoms with Gasteiger partial charge in [-0.1, -0.05) is 6.07 Å². The fourth-order valence-electron chi connectivity index (χ4n) is 3.66. The molecule has 2 aromatic carbocycles. The number of ether oxygens (including phenoxy) is 1. The number of imidazole rings is 1. The molecular weight excluding hydrogens is 366 g/mol. The van der Waals surface area contributed by atoms with Gasteiger partial charge in [-0.2, -0.15) is 0 Å². The zero-order valence-electron chi connectivity index (χ0n) is 17.2. The van der Waals surface area contributed by atoms with Gasteiger partial charge in [-0.05, 0) is 30.3 Å². The Kier molecular flexibility index (Phi) is 5.40. The molecule has 7 heteroatoms. The van der Waals surface area contributed by atoms with Crippen LogP contribution in [-0.2, 0) is 6.54 Å². The number of aromatic amines is 1. The van der Waals surface area contributed by atoms with Gasteiger partial charge in [0.05, 0.1) is 24.7 Å². The van der Waals surface area contributed by atoms with Crippen LogP contribution >= 0.6 is 0 Å². The molecule has 1 aliphatic heterocycles. The SMILES string of the molecule is COc1ccc2nc(CN3CCN(C(=O)c4cccc(N(C)C)c4)CC3)[nH]c2c1. The summed E-state index contributed by atoms with van der Waals surface area (Å²) in [7, 11) is 5.63. The Labute approximate surface area is 170 Å². The minimum absolute atomic E-state index is 0.101. The second-order valence-corrected chi connectivity index (χ2v) is 7.58. The minimum atomic E-state index is 0.101. The molecule has 0 bridgehead atoms. The highest BCUT2D eigenvalue weighted by molar-refractivity contribution is 5.95. The quantitative estimate of drug-likeness (QED) is 0.722. The smallest absolute Gasteiger partial charge is 0.254 e. The first kappa shape index (κ1) is 19.3. The molecular formula is C22H27N5O2. The van der Waals surface area contributed by atoms with Crippen LogP contribution in [0.25, 0.3) is 11.0 Å². The third kappa shape index (κ3) is 4.19. The van der Waals surface area contributed by atoms with E-state index >= 15 is 0 Å². The second-order valence-electron chi connectivity index (χ2n) is 7.58. The summed E-state index contributed by atoms with van der Waals surface area (Å²) in [5.41, 5.74) is 3.70. The first-order valence-corrected chi connectivity index (χ1v) is 9.85. The topological polar surface area (TPSA) is 64.7 Å². The van der Waals surface area contributed by atoms with E-state index in [0.717, 1.165) is 66.6 Å². The monoisotopic (exact) mass is 393 g/mol. The standard InChI is InChI=1S/C22H27N5O2/c1-25(2)17-6-4-5-16(13-17)22(28)27-11-9-26(10-12-27)15-21-23-19-8-7-18(29-3)14-20(19)24-21/h4-8,13-14H,9-12,15H2,1-3H3,(H,23,24). The molecule has 0 atom stereocenters. The number of nitrogens with zero attached hydrogens (tertiary/aromatic N) is 4. The van der Waals surface area contributed by atoms with Crippen molar-refractivity contribution in [2.75, 3.05) is 52.3 Å². The van der Waals surface area contributed by atoms with Crippen molar-refractivity contribution in [2.24, 2.45) is 0 Å². The lowest BCUT2D eigenvalue weighted by Gasteiger charge is -2.34. The molecule has 2 heterocycles. The maximum absolute atomic E-state index is 12.9. The Morgan fingerprint density at radius 3 is 2.66 bits per heavy atom. The number of nitrogens with one attached hydrogen (secondary N) is 1. The predicted molar refractivity (Wildman–Crippen MR) is 115 cm³/mol. The molecule has 1 aromatic heterocycles. The molecule has 4 rings (SSSR count). The number of hydrogen-bond acceptors (Lipinski definition) is 5. The van der Waals surface area contributed by atoms with E-state index in [1.165, 1.54) is 0 Å². The van der Waals surface area contributed by atoms with Crippen molar-refractivity contribution in [2.45, 2.75) is 6.54 Å². The largest absolute Gasteiger partial charge is 0.497 e. The number of benzene rings is 2. The number of aromatic nitrogens is 2. The van der Waals surface area contributed by atoms with E-state index in [0.29, 0.717) is 0 Å². The highest BCUT2D eigenvalue weighted by Gasteiger charge is 2.23. The molecule has 0 spiro atoms. The Balaban J connectivity index is 1.37. The predicted octanol–water partition coefficient (Wildman–Crippen LogP) is 2.60. The third-order valence-corrected chi connectivity index (χ3v) is 5.38. The van der Waals surface area contributed by atoms with Gasteiger partial charge in [-0.3, -0.25) is 9.69 Å². The normalized spacial score (nSPS) is 14.9. The van der Waals surface area contributed by atoms with Gasteiger partial charge in [0.25, 0.3) is 5.91 Å². The number of carbonyl (C=O) groups excluding carboxylic acids is 1.